The third-order valence-electron chi connectivity index (χ3n) is 6.30. The lowest BCUT2D eigenvalue weighted by Gasteiger charge is -2.37. The average molecular weight is 606 g/mol. The molecule has 3 aromatic carbocycles. The summed E-state index contributed by atoms with van der Waals surface area (Å²) in [6.07, 6.45) is -10.2. The van der Waals surface area contributed by atoms with Crippen LogP contribution in [0.15, 0.2) is 59.5 Å². The standard InChI is InChI=1S/C25H20F6N2O7S/c1-38-18-10-14-8-9-32(41(36,37)21-12-16(24(26,27)28)6-7-19(21)33(34)35)23(22(14)20(13-18)39-2)15-4-3-5-17(11-15)40-25(29,30)31/h3-7,10-13,23H,8-9H2,1-2H3. The Morgan fingerprint density at radius 2 is 1.66 bits per heavy atom. The van der Waals surface area contributed by atoms with Gasteiger partial charge in [0.25, 0.3) is 15.7 Å². The van der Waals surface area contributed by atoms with Crippen molar-refractivity contribution in [1.82, 2.24) is 4.31 Å². The van der Waals surface area contributed by atoms with Crippen LogP contribution >= 0.6 is 0 Å². The predicted molar refractivity (Wildman–Crippen MR) is 130 cm³/mol. The van der Waals surface area contributed by atoms with E-state index < -0.39 is 62.0 Å². The van der Waals surface area contributed by atoms with Gasteiger partial charge in [-0.25, -0.2) is 8.42 Å². The van der Waals surface area contributed by atoms with Crippen LogP contribution in [0.4, 0.5) is 32.0 Å². The molecule has 0 aliphatic carbocycles. The molecule has 0 spiro atoms. The van der Waals surface area contributed by atoms with Gasteiger partial charge in [0, 0.05) is 24.2 Å². The van der Waals surface area contributed by atoms with Gasteiger partial charge in [0.15, 0.2) is 4.90 Å². The Balaban J connectivity index is 2.00. The van der Waals surface area contributed by atoms with Gasteiger partial charge in [0.2, 0.25) is 0 Å². The first-order valence-corrected chi connectivity index (χ1v) is 13.0. The molecule has 1 aliphatic rings. The zero-order valence-corrected chi connectivity index (χ0v) is 21.9. The van der Waals surface area contributed by atoms with Crippen LogP contribution in [0, 0.1) is 10.1 Å². The van der Waals surface area contributed by atoms with E-state index in [1.54, 1.807) is 6.07 Å². The van der Waals surface area contributed by atoms with Gasteiger partial charge in [-0.05, 0) is 47.9 Å². The largest absolute Gasteiger partial charge is 0.573 e. The predicted octanol–water partition coefficient (Wildman–Crippen LogP) is 5.87. The normalized spacial score (nSPS) is 16.1. The van der Waals surface area contributed by atoms with Crippen LogP contribution in [0.2, 0.25) is 0 Å². The van der Waals surface area contributed by atoms with E-state index in [4.69, 9.17) is 9.47 Å². The minimum Gasteiger partial charge on any atom is -0.497 e. The smallest absolute Gasteiger partial charge is 0.497 e. The maximum absolute atomic E-state index is 14.0. The highest BCUT2D eigenvalue weighted by Crippen LogP contribution is 2.47. The van der Waals surface area contributed by atoms with Crippen molar-refractivity contribution in [2.45, 2.75) is 29.9 Å². The number of nitrogens with zero attached hydrogens (tertiary/aromatic N) is 2. The van der Waals surface area contributed by atoms with Gasteiger partial charge in [-0.1, -0.05) is 12.1 Å². The van der Waals surface area contributed by atoms with E-state index in [2.05, 4.69) is 4.74 Å². The van der Waals surface area contributed by atoms with E-state index in [1.807, 2.05) is 0 Å². The molecule has 0 radical (unpaired) electrons. The second kappa shape index (κ2) is 10.7. The second-order valence-corrected chi connectivity index (χ2v) is 10.6. The van der Waals surface area contributed by atoms with Crippen LogP contribution in [0.1, 0.15) is 28.3 Å². The van der Waals surface area contributed by atoms with Gasteiger partial charge in [-0.15, -0.1) is 13.2 Å². The minimum atomic E-state index is -5.11. The van der Waals surface area contributed by atoms with Crippen LogP contribution in [-0.4, -0.2) is 44.8 Å². The van der Waals surface area contributed by atoms with Crippen molar-refractivity contribution in [2.24, 2.45) is 0 Å². The lowest BCUT2D eigenvalue weighted by atomic mass is 9.88. The highest BCUT2D eigenvalue weighted by molar-refractivity contribution is 7.89. The lowest BCUT2D eigenvalue weighted by Crippen LogP contribution is -2.41. The van der Waals surface area contributed by atoms with Crippen molar-refractivity contribution < 1.29 is 53.9 Å². The molecule has 0 aromatic heterocycles. The molecular formula is C25H20F6N2O7S. The zero-order valence-electron chi connectivity index (χ0n) is 21.1. The molecule has 0 amide bonds. The molecule has 1 aliphatic heterocycles. The summed E-state index contributed by atoms with van der Waals surface area (Å²) in [4.78, 5) is 9.32. The maximum atomic E-state index is 14.0. The number of sulfonamides is 1. The number of alkyl halides is 6. The minimum absolute atomic E-state index is 0.0376. The van der Waals surface area contributed by atoms with Gasteiger partial charge in [0.1, 0.15) is 17.2 Å². The van der Waals surface area contributed by atoms with Crippen molar-refractivity contribution in [3.05, 3.63) is 87.0 Å². The molecule has 9 nitrogen and oxygen atoms in total. The highest BCUT2D eigenvalue weighted by atomic mass is 32.2. The van der Waals surface area contributed by atoms with Gasteiger partial charge in [-0.2, -0.15) is 17.5 Å². The SMILES string of the molecule is COc1cc2c(c(OC)c1)C(c1cccc(OC(F)(F)F)c1)N(S(=O)(=O)c1cc(C(F)(F)F)ccc1[N+](=O)[O-])CC2. The molecule has 1 atom stereocenters. The Kier molecular flexibility index (Phi) is 7.84. The van der Waals surface area contributed by atoms with Crippen LogP contribution in [0.25, 0.3) is 0 Å². The Morgan fingerprint density at radius 3 is 2.24 bits per heavy atom. The summed E-state index contributed by atoms with van der Waals surface area (Å²) < 4.78 is 123. The molecule has 220 valence electrons. The molecule has 3 aromatic rings. The molecule has 0 saturated carbocycles. The highest BCUT2D eigenvalue weighted by Gasteiger charge is 2.44. The van der Waals surface area contributed by atoms with Gasteiger partial charge < -0.3 is 14.2 Å². The number of methoxy groups -OCH3 is 2. The van der Waals surface area contributed by atoms with E-state index in [0.717, 1.165) is 18.2 Å². The number of nitro groups is 1. The number of nitro benzene ring substituents is 1. The first-order valence-electron chi connectivity index (χ1n) is 11.5. The molecule has 0 fully saturated rings. The van der Waals surface area contributed by atoms with E-state index in [1.165, 1.54) is 26.4 Å². The molecule has 1 heterocycles. The zero-order chi connectivity index (χ0) is 30.3. The molecule has 16 heteroatoms. The summed E-state index contributed by atoms with van der Waals surface area (Å²) in [7, 11) is -2.49. The quantitative estimate of drug-likeness (QED) is 0.188. The molecule has 0 saturated heterocycles. The summed E-state index contributed by atoms with van der Waals surface area (Å²) >= 11 is 0. The number of hydrogen-bond donors (Lipinski definition) is 0. The Bertz CT molecular complexity index is 1570. The first kappa shape index (κ1) is 29.9. The second-order valence-electron chi connectivity index (χ2n) is 8.73. The van der Waals surface area contributed by atoms with Crippen LogP contribution < -0.4 is 14.2 Å². The van der Waals surface area contributed by atoms with Gasteiger partial charge >= 0.3 is 12.5 Å². The van der Waals surface area contributed by atoms with Crippen molar-refractivity contribution in [3.63, 3.8) is 0 Å². The number of rotatable bonds is 7. The maximum Gasteiger partial charge on any atom is 0.573 e. The average Bonchev–Trinajstić information content (AvgIpc) is 2.89. The topological polar surface area (TPSA) is 108 Å². The summed E-state index contributed by atoms with van der Waals surface area (Å²) in [5, 5.41) is 11.7. The summed E-state index contributed by atoms with van der Waals surface area (Å²) in [5.74, 6) is -0.319. The number of ether oxygens (including phenoxy) is 3. The molecule has 4 rings (SSSR count). The summed E-state index contributed by atoms with van der Waals surface area (Å²) in [6, 6.07) is 6.78. The van der Waals surface area contributed by atoms with Gasteiger partial charge in [-0.3, -0.25) is 10.1 Å². The van der Waals surface area contributed by atoms with E-state index in [-0.39, 0.29) is 29.4 Å². The fraction of sp³-hybridized carbons (Fsp3) is 0.280. The number of fused-ring (bicyclic) bond motifs is 1. The summed E-state index contributed by atoms with van der Waals surface area (Å²) in [5.41, 5.74) is -2.01. The van der Waals surface area contributed by atoms with Gasteiger partial charge in [0.05, 0.1) is 30.7 Å². The Labute approximate surface area is 229 Å². The number of hydrogen-bond acceptors (Lipinski definition) is 7. The Hall–Kier alpha value is -4.05. The van der Waals surface area contributed by atoms with Crippen molar-refractivity contribution in [3.8, 4) is 17.2 Å². The Morgan fingerprint density at radius 1 is 0.951 bits per heavy atom. The van der Waals surface area contributed by atoms with Crippen LogP contribution in [0.5, 0.6) is 17.2 Å². The van der Waals surface area contributed by atoms with Crippen molar-refractivity contribution in [2.75, 3.05) is 20.8 Å². The monoisotopic (exact) mass is 606 g/mol. The molecular weight excluding hydrogens is 586 g/mol. The fourth-order valence-electron chi connectivity index (χ4n) is 4.61. The third kappa shape index (κ3) is 6.02. The van der Waals surface area contributed by atoms with Crippen LogP contribution in [-0.2, 0) is 22.6 Å². The number of halogens is 6. The first-order chi connectivity index (χ1) is 19.1. The number of benzene rings is 3. The molecule has 41 heavy (non-hydrogen) atoms. The lowest BCUT2D eigenvalue weighted by molar-refractivity contribution is -0.387. The molecule has 0 N–H and O–H groups in total. The summed E-state index contributed by atoms with van der Waals surface area (Å²) in [6.45, 7) is -0.409. The fourth-order valence-corrected chi connectivity index (χ4v) is 6.38. The van der Waals surface area contributed by atoms with Crippen LogP contribution in [0.3, 0.4) is 0 Å². The van der Waals surface area contributed by atoms with E-state index in [0.29, 0.717) is 27.8 Å². The third-order valence-corrected chi connectivity index (χ3v) is 8.19. The van der Waals surface area contributed by atoms with E-state index in [9.17, 15) is 44.9 Å². The van der Waals surface area contributed by atoms with E-state index >= 15 is 0 Å². The molecule has 1 unspecified atom stereocenters. The van der Waals surface area contributed by atoms with Crippen molar-refractivity contribution >= 4 is 15.7 Å². The molecule has 0 bridgehead atoms. The van der Waals surface area contributed by atoms with Crippen molar-refractivity contribution in [1.29, 1.82) is 0 Å².